The van der Waals surface area contributed by atoms with E-state index in [0.717, 1.165) is 28.0 Å². The summed E-state index contributed by atoms with van der Waals surface area (Å²) in [6.45, 7) is 0.780. The molecule has 2 aromatic carbocycles. The summed E-state index contributed by atoms with van der Waals surface area (Å²) >= 11 is 6.04. The average molecular weight is 479 g/mol. The maximum Gasteiger partial charge on any atom is 0.325 e. The number of fused-ring (bicyclic) bond motifs is 3. The molecule has 174 valence electrons. The number of nitrogens with one attached hydrogen (secondary N) is 1. The van der Waals surface area contributed by atoms with Gasteiger partial charge in [0, 0.05) is 24.0 Å². The highest BCUT2D eigenvalue weighted by atomic mass is 35.5. The number of urea groups is 1. The SMILES string of the molecule is O=C(CN1C(=O)NC2(CCc3ccccc32)C1=O)N1CCC(c2nc3cc(Cl)ccc3o2)CC1. The first-order chi connectivity index (χ1) is 16.4. The molecule has 1 N–H and O–H groups in total. The second kappa shape index (κ2) is 7.84. The fourth-order valence-corrected chi connectivity index (χ4v) is 5.60. The lowest BCUT2D eigenvalue weighted by molar-refractivity contribution is -0.139. The Morgan fingerprint density at radius 3 is 2.79 bits per heavy atom. The summed E-state index contributed by atoms with van der Waals surface area (Å²) in [6, 6.07) is 12.5. The Labute approximate surface area is 200 Å². The maximum absolute atomic E-state index is 13.3. The normalized spacial score (nSPS) is 22.6. The molecule has 3 aromatic rings. The van der Waals surface area contributed by atoms with E-state index in [0.29, 0.717) is 48.8 Å². The molecule has 2 saturated heterocycles. The van der Waals surface area contributed by atoms with Crippen LogP contribution in [0.5, 0.6) is 0 Å². The number of aromatic nitrogens is 1. The van der Waals surface area contributed by atoms with Crippen LogP contribution in [0.3, 0.4) is 0 Å². The summed E-state index contributed by atoms with van der Waals surface area (Å²) in [7, 11) is 0. The van der Waals surface area contributed by atoms with Gasteiger partial charge in [-0.3, -0.25) is 14.5 Å². The van der Waals surface area contributed by atoms with Crippen LogP contribution in [-0.2, 0) is 21.5 Å². The number of oxazole rings is 1. The van der Waals surface area contributed by atoms with Crippen LogP contribution in [0.2, 0.25) is 5.02 Å². The van der Waals surface area contributed by atoms with Crippen LogP contribution in [0.1, 0.15) is 42.2 Å². The third-order valence-electron chi connectivity index (χ3n) is 7.28. The van der Waals surface area contributed by atoms with E-state index in [-0.39, 0.29) is 24.3 Å². The van der Waals surface area contributed by atoms with Gasteiger partial charge in [-0.25, -0.2) is 9.78 Å². The van der Waals surface area contributed by atoms with Gasteiger partial charge in [0.05, 0.1) is 0 Å². The van der Waals surface area contributed by atoms with Gasteiger partial charge >= 0.3 is 6.03 Å². The van der Waals surface area contributed by atoms with Crippen molar-refractivity contribution in [1.82, 2.24) is 20.1 Å². The van der Waals surface area contributed by atoms with Gasteiger partial charge in [0.25, 0.3) is 5.91 Å². The maximum atomic E-state index is 13.3. The molecule has 1 atom stereocenters. The van der Waals surface area contributed by atoms with Crippen LogP contribution in [0.25, 0.3) is 11.1 Å². The molecular weight excluding hydrogens is 456 g/mol. The molecule has 6 rings (SSSR count). The lowest BCUT2D eigenvalue weighted by Gasteiger charge is -2.31. The molecule has 3 heterocycles. The van der Waals surface area contributed by atoms with Crippen LogP contribution in [0.15, 0.2) is 46.9 Å². The molecule has 0 radical (unpaired) electrons. The molecule has 1 unspecified atom stereocenters. The van der Waals surface area contributed by atoms with Crippen LogP contribution in [-0.4, -0.2) is 52.3 Å². The van der Waals surface area contributed by atoms with Crippen molar-refractivity contribution in [1.29, 1.82) is 0 Å². The fraction of sp³-hybridized carbons (Fsp3) is 0.360. The lowest BCUT2D eigenvalue weighted by atomic mass is 9.92. The van der Waals surface area contributed by atoms with E-state index in [1.807, 2.05) is 24.3 Å². The zero-order valence-corrected chi connectivity index (χ0v) is 19.2. The minimum absolute atomic E-state index is 0.102. The first-order valence-corrected chi connectivity index (χ1v) is 11.9. The first kappa shape index (κ1) is 21.2. The first-order valence-electron chi connectivity index (χ1n) is 11.5. The smallest absolute Gasteiger partial charge is 0.325 e. The van der Waals surface area contributed by atoms with Crippen LogP contribution < -0.4 is 5.32 Å². The number of nitrogens with zero attached hydrogens (tertiary/aromatic N) is 3. The van der Waals surface area contributed by atoms with Gasteiger partial charge < -0.3 is 14.6 Å². The van der Waals surface area contributed by atoms with E-state index in [1.165, 1.54) is 0 Å². The molecule has 2 aliphatic heterocycles. The Bertz CT molecular complexity index is 1330. The van der Waals surface area contributed by atoms with Crippen molar-refractivity contribution < 1.29 is 18.8 Å². The van der Waals surface area contributed by atoms with Crippen LogP contribution in [0.4, 0.5) is 4.79 Å². The number of halogens is 1. The van der Waals surface area contributed by atoms with E-state index in [1.54, 1.807) is 23.1 Å². The van der Waals surface area contributed by atoms with Crippen LogP contribution in [0, 0.1) is 0 Å². The quantitative estimate of drug-likeness (QED) is 0.580. The Morgan fingerprint density at radius 2 is 1.97 bits per heavy atom. The zero-order valence-electron chi connectivity index (χ0n) is 18.4. The molecule has 3 aliphatic rings. The van der Waals surface area contributed by atoms with Gasteiger partial charge in [-0.2, -0.15) is 0 Å². The Balaban J connectivity index is 1.11. The van der Waals surface area contributed by atoms with Crippen molar-refractivity contribution in [2.75, 3.05) is 19.6 Å². The molecule has 1 aliphatic carbocycles. The summed E-state index contributed by atoms with van der Waals surface area (Å²) in [6.07, 6.45) is 2.63. The Morgan fingerprint density at radius 1 is 1.18 bits per heavy atom. The molecule has 0 bridgehead atoms. The molecule has 1 aromatic heterocycles. The molecule has 1 spiro atoms. The molecule has 8 nitrogen and oxygen atoms in total. The topological polar surface area (TPSA) is 95.8 Å². The highest BCUT2D eigenvalue weighted by Gasteiger charge is 2.55. The number of carbonyl (C=O) groups excluding carboxylic acids is 3. The minimum atomic E-state index is -1.04. The van der Waals surface area contributed by atoms with Crippen LogP contribution >= 0.6 is 11.6 Å². The number of likely N-dealkylation sites (tertiary alicyclic amines) is 1. The predicted octanol–water partition coefficient (Wildman–Crippen LogP) is 3.58. The van der Waals surface area contributed by atoms with E-state index in [9.17, 15) is 14.4 Å². The number of carbonyl (C=O) groups is 3. The van der Waals surface area contributed by atoms with E-state index < -0.39 is 11.6 Å². The van der Waals surface area contributed by atoms with Gasteiger partial charge in [-0.15, -0.1) is 0 Å². The number of hydrogen-bond acceptors (Lipinski definition) is 5. The largest absolute Gasteiger partial charge is 0.440 e. The van der Waals surface area contributed by atoms with Crippen molar-refractivity contribution in [2.45, 2.75) is 37.1 Å². The molecule has 9 heteroatoms. The van der Waals surface area contributed by atoms with E-state index in [2.05, 4.69) is 10.3 Å². The lowest BCUT2D eigenvalue weighted by Crippen LogP contribution is -2.46. The summed E-state index contributed by atoms with van der Waals surface area (Å²) in [5, 5.41) is 3.48. The third-order valence-corrected chi connectivity index (χ3v) is 7.51. The van der Waals surface area contributed by atoms with Crippen molar-refractivity contribution in [2.24, 2.45) is 0 Å². The molecule has 34 heavy (non-hydrogen) atoms. The summed E-state index contributed by atoms with van der Waals surface area (Å²) in [5.74, 6) is 0.191. The average Bonchev–Trinajstić information content (AvgIpc) is 3.50. The third kappa shape index (κ3) is 3.27. The predicted molar refractivity (Wildman–Crippen MR) is 124 cm³/mol. The minimum Gasteiger partial charge on any atom is -0.440 e. The Hall–Kier alpha value is -3.39. The molecular formula is C25H23ClN4O4. The number of benzene rings is 2. The standard InChI is InChI=1S/C25H23ClN4O4/c26-17-5-6-20-19(13-17)27-22(34-20)16-8-11-29(12-9-16)21(31)14-30-23(32)25(28-24(30)33)10-7-15-3-1-2-4-18(15)25/h1-6,13,16H,7-12,14H2,(H,28,33). The van der Waals surface area contributed by atoms with E-state index >= 15 is 0 Å². The number of imide groups is 1. The zero-order chi connectivity index (χ0) is 23.4. The second-order valence-corrected chi connectivity index (χ2v) is 9.64. The van der Waals surface area contributed by atoms with Crippen molar-refractivity contribution in [3.63, 3.8) is 0 Å². The monoisotopic (exact) mass is 478 g/mol. The second-order valence-electron chi connectivity index (χ2n) is 9.20. The van der Waals surface area contributed by atoms with Crippen molar-refractivity contribution in [3.05, 3.63) is 64.5 Å². The van der Waals surface area contributed by atoms with Gasteiger partial charge in [0.1, 0.15) is 17.6 Å². The number of aryl methyl sites for hydroxylation is 1. The highest BCUT2D eigenvalue weighted by molar-refractivity contribution is 6.31. The number of piperidine rings is 1. The Kier molecular flexibility index (Phi) is 4.88. The highest BCUT2D eigenvalue weighted by Crippen LogP contribution is 2.41. The summed E-state index contributed by atoms with van der Waals surface area (Å²) in [5.41, 5.74) is 2.27. The summed E-state index contributed by atoms with van der Waals surface area (Å²) < 4.78 is 5.90. The number of amides is 4. The van der Waals surface area contributed by atoms with Crippen molar-refractivity contribution in [3.8, 4) is 0 Å². The van der Waals surface area contributed by atoms with Gasteiger partial charge in [-0.05, 0) is 55.0 Å². The van der Waals surface area contributed by atoms with Gasteiger partial charge in [0.2, 0.25) is 5.91 Å². The summed E-state index contributed by atoms with van der Waals surface area (Å²) in [4.78, 5) is 46.4. The molecule has 0 saturated carbocycles. The number of hydrogen-bond donors (Lipinski definition) is 1. The fourth-order valence-electron chi connectivity index (χ4n) is 5.44. The van der Waals surface area contributed by atoms with Gasteiger partial charge in [-0.1, -0.05) is 35.9 Å². The van der Waals surface area contributed by atoms with Gasteiger partial charge in [0.15, 0.2) is 11.5 Å². The molecule has 4 amide bonds. The van der Waals surface area contributed by atoms with Crippen molar-refractivity contribution >= 4 is 40.5 Å². The number of rotatable bonds is 3. The molecule has 2 fully saturated rings. The van der Waals surface area contributed by atoms with E-state index in [4.69, 9.17) is 16.0 Å².